The number of aliphatic imine (C=N–C) groups is 1. The Labute approximate surface area is 201 Å². The van der Waals surface area contributed by atoms with Crippen LogP contribution in [0.1, 0.15) is 49.7 Å². The third kappa shape index (κ3) is 3.43. The molecule has 3 heterocycles. The maximum atomic E-state index is 14.5. The Bertz CT molecular complexity index is 971. The van der Waals surface area contributed by atoms with Crippen LogP contribution >= 0.6 is 11.8 Å². The van der Waals surface area contributed by atoms with Gasteiger partial charge in [-0.25, -0.2) is 4.99 Å². The van der Waals surface area contributed by atoms with Crippen molar-refractivity contribution in [2.24, 2.45) is 10.4 Å². The number of hydrogen-bond donors (Lipinski definition) is 0. The minimum atomic E-state index is -0.820. The van der Waals surface area contributed by atoms with Gasteiger partial charge in [0.15, 0.2) is 10.7 Å². The van der Waals surface area contributed by atoms with E-state index in [-0.39, 0.29) is 29.6 Å². The van der Waals surface area contributed by atoms with Crippen LogP contribution in [0.15, 0.2) is 23.2 Å². The second kappa shape index (κ2) is 8.40. The zero-order valence-corrected chi connectivity index (χ0v) is 20.5. The number of amidine groups is 1. The Morgan fingerprint density at radius 1 is 1.18 bits per heavy atom. The molecule has 8 heteroatoms. The van der Waals surface area contributed by atoms with Gasteiger partial charge in [-0.1, -0.05) is 35.4 Å². The minimum absolute atomic E-state index is 0.119. The Kier molecular flexibility index (Phi) is 5.63. The van der Waals surface area contributed by atoms with Crippen LogP contribution in [0.25, 0.3) is 0 Å². The van der Waals surface area contributed by atoms with Crippen LogP contribution in [0, 0.1) is 5.41 Å². The van der Waals surface area contributed by atoms with Crippen LogP contribution in [0.4, 0.5) is 0 Å². The van der Waals surface area contributed by atoms with Gasteiger partial charge < -0.3 is 14.2 Å². The van der Waals surface area contributed by atoms with Crippen molar-refractivity contribution in [2.45, 2.75) is 68.8 Å². The van der Waals surface area contributed by atoms with E-state index in [9.17, 15) is 4.79 Å². The molecular formula is C25H33BN2O4S. The summed E-state index contributed by atoms with van der Waals surface area (Å²) >= 11 is 1.70. The maximum Gasteiger partial charge on any atom is 0.261 e. The van der Waals surface area contributed by atoms with Gasteiger partial charge in [-0.2, -0.15) is 0 Å². The van der Waals surface area contributed by atoms with E-state index in [1.807, 2.05) is 12.0 Å². The molecule has 2 saturated heterocycles. The summed E-state index contributed by atoms with van der Waals surface area (Å²) in [4.78, 5) is 21.9. The summed E-state index contributed by atoms with van der Waals surface area (Å²) in [5.74, 6) is 1.01. The average Bonchev–Trinajstić information content (AvgIpc) is 3.18. The molecule has 3 atom stereocenters. The molecule has 1 aromatic rings. The van der Waals surface area contributed by atoms with Crippen LogP contribution in [-0.4, -0.2) is 74.8 Å². The molecule has 3 aliphatic heterocycles. The van der Waals surface area contributed by atoms with Gasteiger partial charge in [0, 0.05) is 31.5 Å². The van der Waals surface area contributed by atoms with Crippen LogP contribution < -0.4 is 5.46 Å². The quantitative estimate of drug-likeness (QED) is 0.617. The molecule has 1 saturated carbocycles. The van der Waals surface area contributed by atoms with Crippen LogP contribution in [0.5, 0.6) is 0 Å². The fraction of sp³-hybridized carbons (Fsp3) is 0.680. The number of hydrogen-bond acceptors (Lipinski definition) is 6. The van der Waals surface area contributed by atoms with Gasteiger partial charge in [-0.15, -0.1) is 0 Å². The van der Waals surface area contributed by atoms with Gasteiger partial charge in [0.05, 0.1) is 24.9 Å². The lowest BCUT2D eigenvalue weighted by Gasteiger charge is -2.45. The van der Waals surface area contributed by atoms with Crippen LogP contribution in [-0.2, 0) is 31.0 Å². The molecule has 176 valence electrons. The van der Waals surface area contributed by atoms with E-state index in [4.69, 9.17) is 19.2 Å². The van der Waals surface area contributed by atoms with E-state index in [1.54, 1.807) is 11.8 Å². The van der Waals surface area contributed by atoms with Gasteiger partial charge in [0.2, 0.25) is 0 Å². The molecular weight excluding hydrogens is 435 g/mol. The predicted molar refractivity (Wildman–Crippen MR) is 132 cm³/mol. The van der Waals surface area contributed by atoms with Crippen molar-refractivity contribution in [3.63, 3.8) is 0 Å². The first-order chi connectivity index (χ1) is 16.0. The fourth-order valence-electron chi connectivity index (χ4n) is 6.42. The molecule has 6 nitrogen and oxygen atoms in total. The first-order valence-electron chi connectivity index (χ1n) is 12.5. The van der Waals surface area contributed by atoms with Crippen molar-refractivity contribution >= 4 is 36.1 Å². The molecule has 2 spiro atoms. The number of methoxy groups -OCH3 is 1. The lowest BCUT2D eigenvalue weighted by atomic mass is 9.61. The van der Waals surface area contributed by atoms with Gasteiger partial charge in [-0.05, 0) is 56.1 Å². The van der Waals surface area contributed by atoms with Crippen molar-refractivity contribution in [3.8, 4) is 0 Å². The third-order valence-corrected chi connectivity index (χ3v) is 9.70. The monoisotopic (exact) mass is 468 g/mol. The fourth-order valence-corrected chi connectivity index (χ4v) is 7.53. The molecule has 3 fully saturated rings. The summed E-state index contributed by atoms with van der Waals surface area (Å²) in [5, 5.41) is 0.869. The number of carbonyl (C=O) groups excluding carboxylic acids is 1. The number of nitrogens with zero attached hydrogens (tertiary/aromatic N) is 2. The summed E-state index contributed by atoms with van der Waals surface area (Å²) in [7, 11) is 3.93. The zero-order valence-electron chi connectivity index (χ0n) is 19.7. The highest BCUT2D eigenvalue weighted by Gasteiger charge is 2.67. The zero-order chi connectivity index (χ0) is 22.6. The molecule has 6 rings (SSSR count). The second-order valence-corrected chi connectivity index (χ2v) is 11.4. The van der Waals surface area contributed by atoms with E-state index in [0.717, 1.165) is 74.6 Å². The summed E-state index contributed by atoms with van der Waals surface area (Å²) in [6.07, 6.45) is 7.60. The first-order valence-corrected chi connectivity index (χ1v) is 13.4. The highest BCUT2D eigenvalue weighted by atomic mass is 32.2. The van der Waals surface area contributed by atoms with E-state index in [1.165, 1.54) is 11.0 Å². The molecule has 3 unspecified atom stereocenters. The van der Waals surface area contributed by atoms with Crippen LogP contribution in [0.2, 0.25) is 0 Å². The topological polar surface area (TPSA) is 60.4 Å². The molecule has 0 radical (unpaired) electrons. The molecule has 33 heavy (non-hydrogen) atoms. The largest absolute Gasteiger partial charge is 0.381 e. The third-order valence-electron chi connectivity index (χ3n) is 8.59. The summed E-state index contributed by atoms with van der Waals surface area (Å²) in [5.41, 5.74) is 2.63. The SMILES string of the molecule is Bc1ccc2c(c1)C1(N=C(SCC3CCO3)N(CC3CCO3)C1=O)C1(CCC(OC)CC1)C2. The Hall–Kier alpha value is -1.35. The summed E-state index contributed by atoms with van der Waals surface area (Å²) in [6, 6.07) is 6.65. The molecule has 5 aliphatic rings. The van der Waals surface area contributed by atoms with Crippen molar-refractivity contribution in [1.82, 2.24) is 4.90 Å². The molecule has 1 amide bonds. The van der Waals surface area contributed by atoms with Gasteiger partial charge in [0.1, 0.15) is 7.85 Å². The number of benzene rings is 1. The lowest BCUT2D eigenvalue weighted by molar-refractivity contribution is -0.141. The van der Waals surface area contributed by atoms with Crippen molar-refractivity contribution < 1.29 is 19.0 Å². The first kappa shape index (κ1) is 22.1. The smallest absolute Gasteiger partial charge is 0.261 e. The molecule has 1 aromatic carbocycles. The second-order valence-electron chi connectivity index (χ2n) is 10.4. The Morgan fingerprint density at radius 2 is 1.91 bits per heavy atom. The lowest BCUT2D eigenvalue weighted by Crippen LogP contribution is -2.53. The van der Waals surface area contributed by atoms with Crippen molar-refractivity contribution in [2.75, 3.05) is 32.6 Å². The highest BCUT2D eigenvalue weighted by Crippen LogP contribution is 2.62. The standard InChI is InChI=1S/C25H33BN2O4S/c1-30-18-4-8-24(9-5-18)13-16-2-3-17(26)12-21(16)25(24)22(29)28(14-19-6-10-31-19)23(27-25)33-15-20-7-11-32-20/h2-3,12,18-20H,4-11,13-15,26H2,1H3. The number of fused-ring (bicyclic) bond motifs is 3. The summed E-state index contributed by atoms with van der Waals surface area (Å²) < 4.78 is 17.1. The normalized spacial score (nSPS) is 37.2. The van der Waals surface area contributed by atoms with Crippen molar-refractivity contribution in [3.05, 3.63) is 29.3 Å². The van der Waals surface area contributed by atoms with E-state index >= 15 is 0 Å². The molecule has 2 aliphatic carbocycles. The highest BCUT2D eigenvalue weighted by molar-refractivity contribution is 8.13. The molecule has 0 bridgehead atoms. The Morgan fingerprint density at radius 3 is 2.55 bits per heavy atom. The number of thioether (sulfide) groups is 1. The minimum Gasteiger partial charge on any atom is -0.381 e. The van der Waals surface area contributed by atoms with Gasteiger partial charge in [-0.3, -0.25) is 9.69 Å². The Balaban J connectivity index is 1.42. The predicted octanol–water partition coefficient (Wildman–Crippen LogP) is 1.78. The molecule has 0 aromatic heterocycles. The van der Waals surface area contributed by atoms with E-state index in [0.29, 0.717) is 6.54 Å². The van der Waals surface area contributed by atoms with Crippen molar-refractivity contribution in [1.29, 1.82) is 0 Å². The van der Waals surface area contributed by atoms with Crippen LogP contribution in [0.3, 0.4) is 0 Å². The number of rotatable bonds is 5. The van der Waals surface area contributed by atoms with E-state index < -0.39 is 5.54 Å². The maximum absolute atomic E-state index is 14.5. The van der Waals surface area contributed by atoms with Gasteiger partial charge in [0.25, 0.3) is 5.91 Å². The number of carbonyl (C=O) groups is 1. The van der Waals surface area contributed by atoms with E-state index in [2.05, 4.69) is 26.0 Å². The molecule has 0 N–H and O–H groups in total. The van der Waals surface area contributed by atoms with Gasteiger partial charge >= 0.3 is 0 Å². The number of amides is 1. The summed E-state index contributed by atoms with van der Waals surface area (Å²) in [6.45, 7) is 2.24. The average molecular weight is 468 g/mol. The number of ether oxygens (including phenoxy) is 3.